The topological polar surface area (TPSA) is 58.1 Å². The fourth-order valence-corrected chi connectivity index (χ4v) is 5.04. The van der Waals surface area contributed by atoms with Crippen LogP contribution < -0.4 is 5.32 Å². The van der Waals surface area contributed by atoms with Crippen molar-refractivity contribution in [3.63, 3.8) is 0 Å². The molecule has 1 aliphatic heterocycles. The summed E-state index contributed by atoms with van der Waals surface area (Å²) in [5, 5.41) is 4.30. The molecule has 31 heavy (non-hydrogen) atoms. The van der Waals surface area contributed by atoms with E-state index in [1.807, 2.05) is 35.2 Å². The van der Waals surface area contributed by atoms with Crippen LogP contribution in [0.3, 0.4) is 0 Å². The van der Waals surface area contributed by atoms with Crippen LogP contribution in [0.25, 0.3) is 21.1 Å². The highest BCUT2D eigenvalue weighted by atomic mass is 32.1. The van der Waals surface area contributed by atoms with Crippen LogP contribution in [0.4, 0.5) is 14.6 Å². The first-order chi connectivity index (χ1) is 15.1. The molecule has 1 saturated heterocycles. The summed E-state index contributed by atoms with van der Waals surface area (Å²) >= 11 is 1.52. The van der Waals surface area contributed by atoms with Crippen LogP contribution in [0.2, 0.25) is 0 Å². The van der Waals surface area contributed by atoms with Crippen LogP contribution in [0.5, 0.6) is 0 Å². The molecule has 0 unspecified atom stereocenters. The van der Waals surface area contributed by atoms with Gasteiger partial charge in [0.1, 0.15) is 5.82 Å². The number of nitrogens with one attached hydrogen (secondary N) is 1. The van der Waals surface area contributed by atoms with Gasteiger partial charge in [-0.2, -0.15) is 0 Å². The standard InChI is InChI=1S/C23H20F2N4OS/c24-16-10-18-19(11-17(16)25)28-22(13-26-18)27-12-15-6-3-4-8-29(15)23(30)21-9-14-5-1-2-7-20(14)31-21/h1-2,5,7,9-11,13,15H,3-4,6,8,12H2,(H,27,28)/t15-/m0/s1. The number of hydrogen-bond donors (Lipinski definition) is 1. The number of carbonyl (C=O) groups is 1. The third kappa shape index (κ3) is 3.95. The highest BCUT2D eigenvalue weighted by Crippen LogP contribution is 2.28. The number of nitrogens with zero attached hydrogens (tertiary/aromatic N) is 3. The average Bonchev–Trinajstić information content (AvgIpc) is 3.22. The summed E-state index contributed by atoms with van der Waals surface area (Å²) < 4.78 is 28.0. The zero-order chi connectivity index (χ0) is 21.4. The molecule has 1 aliphatic rings. The molecule has 5 rings (SSSR count). The van der Waals surface area contributed by atoms with Gasteiger partial charge >= 0.3 is 0 Å². The van der Waals surface area contributed by atoms with Crippen molar-refractivity contribution in [3.8, 4) is 0 Å². The SMILES string of the molecule is O=C(c1cc2ccccc2s1)N1CCCC[C@H]1CNc1cnc2cc(F)c(F)cc2n1. The molecule has 8 heteroatoms. The molecule has 1 N–H and O–H groups in total. The molecule has 0 spiro atoms. The normalized spacial score (nSPS) is 16.7. The van der Waals surface area contributed by atoms with Gasteiger partial charge in [0.25, 0.3) is 5.91 Å². The Kier molecular flexibility index (Phi) is 5.23. The van der Waals surface area contributed by atoms with Crippen molar-refractivity contribution < 1.29 is 13.6 Å². The number of benzene rings is 2. The number of amides is 1. The van der Waals surface area contributed by atoms with Crippen LogP contribution in [-0.2, 0) is 0 Å². The summed E-state index contributed by atoms with van der Waals surface area (Å²) in [6.07, 6.45) is 4.43. The second-order valence-corrected chi connectivity index (χ2v) is 8.77. The summed E-state index contributed by atoms with van der Waals surface area (Å²) in [5.74, 6) is -1.38. The number of anilines is 1. The molecule has 158 valence electrons. The van der Waals surface area contributed by atoms with E-state index in [1.54, 1.807) is 0 Å². The largest absolute Gasteiger partial charge is 0.367 e. The van der Waals surface area contributed by atoms with Gasteiger partial charge in [0, 0.05) is 36.0 Å². The van der Waals surface area contributed by atoms with Crippen molar-refractivity contribution in [1.82, 2.24) is 14.9 Å². The van der Waals surface area contributed by atoms with Crippen molar-refractivity contribution in [2.45, 2.75) is 25.3 Å². The lowest BCUT2D eigenvalue weighted by Crippen LogP contribution is -2.46. The molecule has 1 amide bonds. The van der Waals surface area contributed by atoms with E-state index >= 15 is 0 Å². The number of piperidine rings is 1. The number of likely N-dealkylation sites (tertiary alicyclic amines) is 1. The zero-order valence-corrected chi connectivity index (χ0v) is 17.5. The Morgan fingerprint density at radius 1 is 1.13 bits per heavy atom. The highest BCUT2D eigenvalue weighted by molar-refractivity contribution is 7.20. The second kappa shape index (κ2) is 8.19. The fraction of sp³-hybridized carbons (Fsp3) is 0.261. The number of thiophene rings is 1. The number of hydrogen-bond acceptors (Lipinski definition) is 5. The smallest absolute Gasteiger partial charge is 0.264 e. The van der Waals surface area contributed by atoms with E-state index in [2.05, 4.69) is 15.3 Å². The van der Waals surface area contributed by atoms with Crippen LogP contribution in [0.1, 0.15) is 28.9 Å². The van der Waals surface area contributed by atoms with E-state index in [0.717, 1.165) is 46.4 Å². The molecule has 4 aromatic rings. The molecule has 0 bridgehead atoms. The Balaban J connectivity index is 1.33. The first-order valence-corrected chi connectivity index (χ1v) is 11.1. The first kappa shape index (κ1) is 19.8. The van der Waals surface area contributed by atoms with Crippen LogP contribution in [-0.4, -0.2) is 39.9 Å². The predicted octanol–water partition coefficient (Wildman–Crippen LogP) is 5.23. The molecular weight excluding hydrogens is 418 g/mol. The van der Waals surface area contributed by atoms with Crippen molar-refractivity contribution in [3.05, 3.63) is 65.2 Å². The molecule has 0 saturated carbocycles. The Morgan fingerprint density at radius 2 is 1.94 bits per heavy atom. The molecule has 3 heterocycles. The number of rotatable bonds is 4. The van der Waals surface area contributed by atoms with Gasteiger partial charge in [0.05, 0.1) is 22.1 Å². The highest BCUT2D eigenvalue weighted by Gasteiger charge is 2.28. The number of halogens is 2. The summed E-state index contributed by atoms with van der Waals surface area (Å²) in [4.78, 5) is 24.4. The number of carbonyl (C=O) groups excluding carboxylic acids is 1. The van der Waals surface area contributed by atoms with Gasteiger partial charge in [-0.25, -0.2) is 13.8 Å². The van der Waals surface area contributed by atoms with Gasteiger partial charge in [0.15, 0.2) is 11.6 Å². The van der Waals surface area contributed by atoms with Crippen molar-refractivity contribution in [1.29, 1.82) is 0 Å². The summed E-state index contributed by atoms with van der Waals surface area (Å²) in [6, 6.07) is 12.1. The van der Waals surface area contributed by atoms with Crippen LogP contribution in [0, 0.1) is 11.6 Å². The number of fused-ring (bicyclic) bond motifs is 2. The van der Waals surface area contributed by atoms with E-state index in [4.69, 9.17) is 0 Å². The van der Waals surface area contributed by atoms with Crippen LogP contribution in [0.15, 0.2) is 48.7 Å². The molecule has 2 aromatic carbocycles. The zero-order valence-electron chi connectivity index (χ0n) is 16.6. The first-order valence-electron chi connectivity index (χ1n) is 10.2. The molecule has 0 radical (unpaired) electrons. The Morgan fingerprint density at radius 3 is 2.77 bits per heavy atom. The van der Waals surface area contributed by atoms with E-state index in [9.17, 15) is 13.6 Å². The lowest BCUT2D eigenvalue weighted by Gasteiger charge is -2.35. The Labute approximate surface area is 181 Å². The van der Waals surface area contributed by atoms with E-state index in [1.165, 1.54) is 17.5 Å². The number of aromatic nitrogens is 2. The maximum absolute atomic E-state index is 13.5. The maximum Gasteiger partial charge on any atom is 0.264 e. The molecule has 1 atom stereocenters. The van der Waals surface area contributed by atoms with Gasteiger partial charge in [-0.1, -0.05) is 18.2 Å². The Bertz CT molecular complexity index is 1240. The molecule has 0 aliphatic carbocycles. The lowest BCUT2D eigenvalue weighted by molar-refractivity contribution is 0.0633. The third-order valence-corrected chi connectivity index (χ3v) is 6.73. The van der Waals surface area contributed by atoms with Gasteiger partial charge < -0.3 is 10.2 Å². The van der Waals surface area contributed by atoms with Gasteiger partial charge in [0.2, 0.25) is 0 Å². The van der Waals surface area contributed by atoms with Gasteiger partial charge in [-0.15, -0.1) is 11.3 Å². The molecular formula is C23H20F2N4OS. The average molecular weight is 439 g/mol. The fourth-order valence-electron chi connectivity index (χ4n) is 4.02. The van der Waals surface area contributed by atoms with E-state index < -0.39 is 11.6 Å². The summed E-state index contributed by atoms with van der Waals surface area (Å²) in [5.41, 5.74) is 0.578. The monoisotopic (exact) mass is 438 g/mol. The van der Waals surface area contributed by atoms with Gasteiger partial charge in [-0.3, -0.25) is 9.78 Å². The van der Waals surface area contributed by atoms with Gasteiger partial charge in [-0.05, 0) is 36.8 Å². The predicted molar refractivity (Wildman–Crippen MR) is 118 cm³/mol. The molecule has 1 fully saturated rings. The second-order valence-electron chi connectivity index (χ2n) is 7.69. The molecule has 5 nitrogen and oxygen atoms in total. The lowest BCUT2D eigenvalue weighted by atomic mass is 10.0. The third-order valence-electron chi connectivity index (χ3n) is 5.63. The quantitative estimate of drug-likeness (QED) is 0.474. The summed E-state index contributed by atoms with van der Waals surface area (Å²) in [7, 11) is 0. The van der Waals surface area contributed by atoms with E-state index in [0.29, 0.717) is 24.4 Å². The summed E-state index contributed by atoms with van der Waals surface area (Å²) in [6.45, 7) is 1.23. The molecule has 2 aromatic heterocycles. The minimum atomic E-state index is -0.952. The van der Waals surface area contributed by atoms with Crippen molar-refractivity contribution in [2.24, 2.45) is 0 Å². The maximum atomic E-state index is 13.5. The minimum Gasteiger partial charge on any atom is -0.367 e. The van der Waals surface area contributed by atoms with E-state index in [-0.39, 0.29) is 17.5 Å². The van der Waals surface area contributed by atoms with Crippen molar-refractivity contribution >= 4 is 44.2 Å². The minimum absolute atomic E-state index is 0.0221. The van der Waals surface area contributed by atoms with Crippen molar-refractivity contribution in [2.75, 3.05) is 18.4 Å². The van der Waals surface area contributed by atoms with Crippen LogP contribution >= 0.6 is 11.3 Å². The Hall–Kier alpha value is -3.13.